The second kappa shape index (κ2) is 3.89. The Morgan fingerprint density at radius 2 is 2.06 bits per heavy atom. The first kappa shape index (κ1) is 11.4. The van der Waals surface area contributed by atoms with Crippen LogP contribution in [0.4, 0.5) is 0 Å². The molecule has 3 nitrogen and oxygen atoms in total. The molecular weight excluding hydrogens is 284 g/mol. The number of halogens is 1. The molecule has 2 aliphatic rings. The highest BCUT2D eigenvalue weighted by molar-refractivity contribution is 9.10. The minimum Gasteiger partial charge on any atom is -0.486 e. The number of benzene rings is 1. The molecule has 1 aromatic rings. The molecule has 0 unspecified atom stereocenters. The first-order valence-corrected chi connectivity index (χ1v) is 6.68. The van der Waals surface area contributed by atoms with Gasteiger partial charge in [-0.05, 0) is 31.4 Å². The Morgan fingerprint density at radius 1 is 1.35 bits per heavy atom. The van der Waals surface area contributed by atoms with E-state index >= 15 is 0 Å². The number of ether oxygens (including phenoxy) is 2. The van der Waals surface area contributed by atoms with Crippen molar-refractivity contribution in [3.05, 3.63) is 21.7 Å². The summed E-state index contributed by atoms with van der Waals surface area (Å²) in [5.74, 6) is 1.60. The second-order valence-electron chi connectivity index (χ2n) is 4.89. The van der Waals surface area contributed by atoms with Crippen molar-refractivity contribution in [2.24, 2.45) is 0 Å². The summed E-state index contributed by atoms with van der Waals surface area (Å²) in [4.78, 5) is 0. The molecule has 4 heteroatoms. The minimum atomic E-state index is -0.514. The average molecular weight is 299 g/mol. The Balaban J connectivity index is 2.06. The van der Waals surface area contributed by atoms with Crippen LogP contribution in [0.2, 0.25) is 0 Å². The lowest BCUT2D eigenvalue weighted by molar-refractivity contribution is 0.143. The van der Waals surface area contributed by atoms with Crippen LogP contribution in [0.15, 0.2) is 10.5 Å². The van der Waals surface area contributed by atoms with Crippen LogP contribution in [0.25, 0.3) is 0 Å². The highest BCUT2D eigenvalue weighted by Gasteiger charge is 2.42. The highest BCUT2D eigenvalue weighted by atomic mass is 79.9. The van der Waals surface area contributed by atoms with Crippen molar-refractivity contribution in [1.82, 2.24) is 0 Å². The molecule has 0 atom stereocenters. The van der Waals surface area contributed by atoms with Crippen molar-refractivity contribution in [2.75, 3.05) is 13.2 Å². The highest BCUT2D eigenvalue weighted by Crippen LogP contribution is 2.46. The summed E-state index contributed by atoms with van der Waals surface area (Å²) in [7, 11) is 0. The number of hydrogen-bond donors (Lipinski definition) is 1. The van der Waals surface area contributed by atoms with E-state index in [4.69, 9.17) is 9.47 Å². The molecule has 0 saturated heterocycles. The van der Waals surface area contributed by atoms with E-state index in [1.165, 1.54) is 0 Å². The molecule has 1 aliphatic heterocycles. The molecule has 1 aromatic carbocycles. The molecule has 1 N–H and O–H groups in total. The van der Waals surface area contributed by atoms with Crippen LogP contribution < -0.4 is 9.47 Å². The van der Waals surface area contributed by atoms with Crippen LogP contribution in [0.1, 0.15) is 24.0 Å². The van der Waals surface area contributed by atoms with Crippen LogP contribution in [-0.4, -0.2) is 23.9 Å². The van der Waals surface area contributed by atoms with Crippen LogP contribution in [0.3, 0.4) is 0 Å². The van der Waals surface area contributed by atoms with Crippen LogP contribution >= 0.6 is 15.9 Å². The molecular formula is C13H15BrO3. The maximum atomic E-state index is 10.1. The molecule has 1 aliphatic carbocycles. The molecule has 1 fully saturated rings. The maximum Gasteiger partial charge on any atom is 0.164 e. The summed E-state index contributed by atoms with van der Waals surface area (Å²) >= 11 is 3.54. The molecule has 0 aromatic heterocycles. The predicted octanol–water partition coefficient (Wildman–Crippen LogP) is 2.60. The number of rotatable bonds is 2. The monoisotopic (exact) mass is 298 g/mol. The fourth-order valence-corrected chi connectivity index (χ4v) is 2.62. The van der Waals surface area contributed by atoms with Crippen molar-refractivity contribution in [1.29, 1.82) is 0 Å². The zero-order chi connectivity index (χ0) is 12.0. The summed E-state index contributed by atoms with van der Waals surface area (Å²) in [6.45, 7) is 3.22. The summed E-state index contributed by atoms with van der Waals surface area (Å²) in [5, 5.41) is 10.1. The van der Waals surface area contributed by atoms with Crippen molar-refractivity contribution in [3.8, 4) is 11.5 Å². The Hall–Kier alpha value is -0.740. The van der Waals surface area contributed by atoms with E-state index < -0.39 is 5.60 Å². The normalized spacial score (nSPS) is 20.2. The zero-order valence-corrected chi connectivity index (χ0v) is 11.3. The van der Waals surface area contributed by atoms with Crippen LogP contribution in [0.5, 0.6) is 11.5 Å². The Bertz CT molecular complexity index is 466. The van der Waals surface area contributed by atoms with Gasteiger partial charge in [-0.15, -0.1) is 0 Å². The third-order valence-corrected chi connectivity index (χ3v) is 4.31. The van der Waals surface area contributed by atoms with Gasteiger partial charge in [-0.1, -0.05) is 15.9 Å². The Morgan fingerprint density at radius 3 is 2.76 bits per heavy atom. The van der Waals surface area contributed by atoms with E-state index in [0.717, 1.165) is 39.9 Å². The van der Waals surface area contributed by atoms with Gasteiger partial charge in [0.25, 0.3) is 0 Å². The van der Waals surface area contributed by atoms with Gasteiger partial charge in [-0.3, -0.25) is 0 Å². The molecule has 0 radical (unpaired) electrons. The SMILES string of the molecule is Cc1c(Br)cc2c(c1CC1(O)CC1)OCCO2. The van der Waals surface area contributed by atoms with Crippen LogP contribution in [-0.2, 0) is 6.42 Å². The summed E-state index contributed by atoms with van der Waals surface area (Å²) in [6.07, 6.45) is 2.42. The van der Waals surface area contributed by atoms with Crippen molar-refractivity contribution in [3.63, 3.8) is 0 Å². The van der Waals surface area contributed by atoms with Gasteiger partial charge >= 0.3 is 0 Å². The van der Waals surface area contributed by atoms with Crippen molar-refractivity contribution >= 4 is 15.9 Å². The zero-order valence-electron chi connectivity index (χ0n) is 9.75. The Labute approximate surface area is 109 Å². The van der Waals surface area contributed by atoms with Gasteiger partial charge in [0, 0.05) is 16.5 Å². The van der Waals surface area contributed by atoms with Gasteiger partial charge in [0.05, 0.1) is 5.60 Å². The van der Waals surface area contributed by atoms with Gasteiger partial charge in [-0.2, -0.15) is 0 Å². The summed E-state index contributed by atoms with van der Waals surface area (Å²) in [6, 6.07) is 1.95. The lowest BCUT2D eigenvalue weighted by Crippen LogP contribution is -2.20. The van der Waals surface area contributed by atoms with E-state index in [1.807, 2.05) is 13.0 Å². The second-order valence-corrected chi connectivity index (χ2v) is 5.74. The fourth-order valence-electron chi connectivity index (χ4n) is 2.18. The first-order chi connectivity index (χ1) is 8.09. The third kappa shape index (κ3) is 2.04. The lowest BCUT2D eigenvalue weighted by atomic mass is 9.99. The molecule has 1 heterocycles. The predicted molar refractivity (Wildman–Crippen MR) is 67.8 cm³/mol. The molecule has 0 spiro atoms. The minimum absolute atomic E-state index is 0.514. The van der Waals surface area contributed by atoms with Gasteiger partial charge in [0.15, 0.2) is 11.5 Å². The summed E-state index contributed by atoms with van der Waals surface area (Å²) in [5.41, 5.74) is 1.70. The van der Waals surface area contributed by atoms with Gasteiger partial charge < -0.3 is 14.6 Å². The topological polar surface area (TPSA) is 38.7 Å². The van der Waals surface area contributed by atoms with E-state index in [1.54, 1.807) is 0 Å². The number of hydrogen-bond acceptors (Lipinski definition) is 3. The van der Waals surface area contributed by atoms with Crippen LogP contribution in [0, 0.1) is 6.92 Å². The van der Waals surface area contributed by atoms with Gasteiger partial charge in [-0.25, -0.2) is 0 Å². The third-order valence-electron chi connectivity index (χ3n) is 3.49. The quantitative estimate of drug-likeness (QED) is 0.912. The van der Waals surface area contributed by atoms with E-state index in [-0.39, 0.29) is 0 Å². The fraction of sp³-hybridized carbons (Fsp3) is 0.538. The average Bonchev–Trinajstić information content (AvgIpc) is 3.03. The lowest BCUT2D eigenvalue weighted by Gasteiger charge is -2.24. The molecule has 92 valence electrons. The van der Waals surface area contributed by atoms with E-state index in [2.05, 4.69) is 15.9 Å². The number of aliphatic hydroxyl groups is 1. The van der Waals surface area contributed by atoms with Gasteiger partial charge in [0.2, 0.25) is 0 Å². The van der Waals surface area contributed by atoms with E-state index in [9.17, 15) is 5.11 Å². The molecule has 0 amide bonds. The summed E-state index contributed by atoms with van der Waals surface area (Å²) < 4.78 is 12.3. The largest absolute Gasteiger partial charge is 0.486 e. The Kier molecular flexibility index (Phi) is 2.60. The standard InChI is InChI=1S/C13H15BrO3/c1-8-9(7-13(15)2-3-13)12-11(6-10(8)14)16-4-5-17-12/h6,15H,2-5,7H2,1H3. The first-order valence-electron chi connectivity index (χ1n) is 5.89. The maximum absolute atomic E-state index is 10.1. The molecule has 1 saturated carbocycles. The molecule has 0 bridgehead atoms. The van der Waals surface area contributed by atoms with Crippen molar-refractivity contribution < 1.29 is 14.6 Å². The molecule has 3 rings (SSSR count). The van der Waals surface area contributed by atoms with E-state index in [0.29, 0.717) is 19.6 Å². The van der Waals surface area contributed by atoms with Crippen molar-refractivity contribution in [2.45, 2.75) is 31.8 Å². The molecule has 17 heavy (non-hydrogen) atoms. The van der Waals surface area contributed by atoms with Gasteiger partial charge in [0.1, 0.15) is 13.2 Å². The smallest absolute Gasteiger partial charge is 0.164 e. The number of fused-ring (bicyclic) bond motifs is 1.